The van der Waals surface area contributed by atoms with Crippen molar-refractivity contribution in [2.24, 2.45) is 0 Å². The highest BCUT2D eigenvalue weighted by Gasteiger charge is 2.17. The highest BCUT2D eigenvalue weighted by molar-refractivity contribution is 6.05. The lowest BCUT2D eigenvalue weighted by molar-refractivity contribution is 0.102. The number of para-hydroxylation sites is 4. The first-order valence-corrected chi connectivity index (χ1v) is 8.26. The zero-order chi connectivity index (χ0) is 17.1. The first kappa shape index (κ1) is 15.5. The zero-order valence-electron chi connectivity index (χ0n) is 13.7. The molecule has 1 saturated heterocycles. The van der Waals surface area contributed by atoms with Gasteiger partial charge in [-0.1, -0.05) is 24.3 Å². The van der Waals surface area contributed by atoms with Gasteiger partial charge >= 0.3 is 0 Å². The summed E-state index contributed by atoms with van der Waals surface area (Å²) in [7, 11) is 0. The molecule has 2 aromatic carbocycles. The van der Waals surface area contributed by atoms with Crippen molar-refractivity contribution >= 4 is 28.3 Å². The van der Waals surface area contributed by atoms with Crippen LogP contribution in [0.25, 0.3) is 11.0 Å². The van der Waals surface area contributed by atoms with E-state index in [4.69, 9.17) is 4.74 Å². The third kappa shape index (κ3) is 3.29. The maximum absolute atomic E-state index is 12.6. The van der Waals surface area contributed by atoms with Crippen LogP contribution in [0.15, 0.2) is 54.7 Å². The van der Waals surface area contributed by atoms with Crippen LogP contribution >= 0.6 is 0 Å². The van der Waals surface area contributed by atoms with Crippen molar-refractivity contribution in [2.45, 2.75) is 0 Å². The monoisotopic (exact) mass is 334 g/mol. The van der Waals surface area contributed by atoms with Gasteiger partial charge in [-0.05, 0) is 24.3 Å². The highest BCUT2D eigenvalue weighted by Crippen LogP contribution is 2.26. The van der Waals surface area contributed by atoms with Crippen molar-refractivity contribution in [2.75, 3.05) is 36.5 Å². The van der Waals surface area contributed by atoms with Crippen molar-refractivity contribution in [1.29, 1.82) is 0 Å². The summed E-state index contributed by atoms with van der Waals surface area (Å²) in [6, 6.07) is 15.3. The molecular formula is C19H18N4O2. The number of hydrogen-bond donors (Lipinski definition) is 1. The van der Waals surface area contributed by atoms with E-state index in [0.717, 1.165) is 30.0 Å². The molecule has 1 aromatic heterocycles. The van der Waals surface area contributed by atoms with Gasteiger partial charge in [0.05, 0.1) is 41.8 Å². The van der Waals surface area contributed by atoms with Gasteiger partial charge in [0, 0.05) is 13.1 Å². The predicted octanol–water partition coefficient (Wildman–Crippen LogP) is 2.72. The third-order valence-corrected chi connectivity index (χ3v) is 4.19. The minimum absolute atomic E-state index is 0.265. The molecule has 1 aliphatic rings. The van der Waals surface area contributed by atoms with E-state index in [1.807, 2.05) is 48.5 Å². The number of amides is 1. The van der Waals surface area contributed by atoms with Crippen LogP contribution in [0.1, 0.15) is 10.5 Å². The van der Waals surface area contributed by atoms with E-state index in [0.29, 0.717) is 24.4 Å². The van der Waals surface area contributed by atoms with Crippen LogP contribution in [0.5, 0.6) is 0 Å². The molecule has 0 aliphatic carbocycles. The number of hydrogen-bond acceptors (Lipinski definition) is 5. The average molecular weight is 334 g/mol. The quantitative estimate of drug-likeness (QED) is 0.798. The first-order valence-electron chi connectivity index (χ1n) is 8.26. The average Bonchev–Trinajstić information content (AvgIpc) is 2.68. The molecule has 126 valence electrons. The molecular weight excluding hydrogens is 316 g/mol. The fourth-order valence-corrected chi connectivity index (χ4v) is 2.91. The van der Waals surface area contributed by atoms with Crippen LogP contribution in [-0.2, 0) is 4.74 Å². The lowest BCUT2D eigenvalue weighted by Crippen LogP contribution is -2.36. The number of aromatic nitrogens is 2. The first-order chi connectivity index (χ1) is 12.3. The van der Waals surface area contributed by atoms with E-state index in [-0.39, 0.29) is 5.91 Å². The number of nitrogens with one attached hydrogen (secondary N) is 1. The topological polar surface area (TPSA) is 67.4 Å². The number of rotatable bonds is 3. The molecule has 0 atom stereocenters. The molecule has 2 heterocycles. The maximum atomic E-state index is 12.6. The number of anilines is 2. The highest BCUT2D eigenvalue weighted by atomic mass is 16.5. The van der Waals surface area contributed by atoms with Gasteiger partial charge in [-0.3, -0.25) is 9.78 Å². The Labute approximate surface area is 145 Å². The van der Waals surface area contributed by atoms with E-state index in [1.54, 1.807) is 0 Å². The van der Waals surface area contributed by atoms with E-state index in [2.05, 4.69) is 20.2 Å². The molecule has 1 aliphatic heterocycles. The number of fused-ring (bicyclic) bond motifs is 1. The molecule has 3 aromatic rings. The second-order valence-electron chi connectivity index (χ2n) is 5.81. The summed E-state index contributed by atoms with van der Waals surface area (Å²) in [6.07, 6.45) is 1.51. The second-order valence-corrected chi connectivity index (χ2v) is 5.81. The Morgan fingerprint density at radius 3 is 2.56 bits per heavy atom. The van der Waals surface area contributed by atoms with Crippen molar-refractivity contribution in [3.63, 3.8) is 0 Å². The van der Waals surface area contributed by atoms with Gasteiger partial charge < -0.3 is 15.0 Å². The van der Waals surface area contributed by atoms with Gasteiger partial charge in [0.2, 0.25) is 0 Å². The minimum atomic E-state index is -0.265. The Morgan fingerprint density at radius 1 is 1.00 bits per heavy atom. The molecule has 0 radical (unpaired) electrons. The molecule has 0 spiro atoms. The molecule has 0 unspecified atom stereocenters. The SMILES string of the molecule is O=C(Nc1ccccc1N1CCOCC1)c1cnc2ccccc2n1. The number of nitrogens with zero attached hydrogens (tertiary/aromatic N) is 3. The van der Waals surface area contributed by atoms with Gasteiger partial charge in [-0.2, -0.15) is 0 Å². The van der Waals surface area contributed by atoms with Gasteiger partial charge in [-0.15, -0.1) is 0 Å². The second kappa shape index (κ2) is 6.86. The van der Waals surface area contributed by atoms with Gasteiger partial charge in [0.25, 0.3) is 5.91 Å². The number of benzene rings is 2. The maximum Gasteiger partial charge on any atom is 0.275 e. The van der Waals surface area contributed by atoms with E-state index in [1.165, 1.54) is 6.20 Å². The minimum Gasteiger partial charge on any atom is -0.378 e. The predicted molar refractivity (Wildman–Crippen MR) is 97.0 cm³/mol. The van der Waals surface area contributed by atoms with Crippen LogP contribution in [0.2, 0.25) is 0 Å². The number of morpholine rings is 1. The van der Waals surface area contributed by atoms with Gasteiger partial charge in [0.15, 0.2) is 0 Å². The third-order valence-electron chi connectivity index (χ3n) is 4.19. The number of carbonyl (C=O) groups excluding carboxylic acids is 1. The van der Waals surface area contributed by atoms with Crippen molar-refractivity contribution in [1.82, 2.24) is 9.97 Å². The molecule has 6 heteroatoms. The van der Waals surface area contributed by atoms with Crippen LogP contribution in [0.3, 0.4) is 0 Å². The summed E-state index contributed by atoms with van der Waals surface area (Å²) in [6.45, 7) is 3.00. The molecule has 0 bridgehead atoms. The Hall–Kier alpha value is -2.99. The van der Waals surface area contributed by atoms with Crippen molar-refractivity contribution in [3.05, 3.63) is 60.4 Å². The number of ether oxygens (including phenoxy) is 1. The van der Waals surface area contributed by atoms with Crippen LogP contribution in [0.4, 0.5) is 11.4 Å². The molecule has 1 N–H and O–H groups in total. The van der Waals surface area contributed by atoms with Gasteiger partial charge in [-0.25, -0.2) is 4.98 Å². The van der Waals surface area contributed by atoms with Crippen molar-refractivity contribution in [3.8, 4) is 0 Å². The van der Waals surface area contributed by atoms with E-state index < -0.39 is 0 Å². The summed E-state index contributed by atoms with van der Waals surface area (Å²) in [5.41, 5.74) is 3.54. The molecule has 1 fully saturated rings. The standard InChI is InChI=1S/C19H18N4O2/c24-19(17-13-20-14-5-1-2-6-15(14)21-17)22-16-7-3-4-8-18(16)23-9-11-25-12-10-23/h1-8,13H,9-12H2,(H,22,24). The zero-order valence-corrected chi connectivity index (χ0v) is 13.7. The summed E-state index contributed by atoms with van der Waals surface area (Å²) in [5, 5.41) is 2.96. The van der Waals surface area contributed by atoms with Crippen LogP contribution in [0, 0.1) is 0 Å². The Kier molecular flexibility index (Phi) is 4.26. The summed E-state index contributed by atoms with van der Waals surface area (Å²) >= 11 is 0. The molecule has 1 amide bonds. The molecule has 6 nitrogen and oxygen atoms in total. The fourth-order valence-electron chi connectivity index (χ4n) is 2.91. The molecule has 4 rings (SSSR count). The normalized spacial score (nSPS) is 14.5. The Bertz CT molecular complexity index is 907. The Balaban J connectivity index is 1.59. The molecule has 25 heavy (non-hydrogen) atoms. The smallest absolute Gasteiger partial charge is 0.275 e. The van der Waals surface area contributed by atoms with Crippen molar-refractivity contribution < 1.29 is 9.53 Å². The van der Waals surface area contributed by atoms with E-state index >= 15 is 0 Å². The van der Waals surface area contributed by atoms with Crippen LogP contribution < -0.4 is 10.2 Å². The van der Waals surface area contributed by atoms with Gasteiger partial charge in [0.1, 0.15) is 5.69 Å². The number of carbonyl (C=O) groups is 1. The summed E-state index contributed by atoms with van der Waals surface area (Å²) in [4.78, 5) is 23.6. The molecule has 0 saturated carbocycles. The lowest BCUT2D eigenvalue weighted by atomic mass is 10.2. The lowest BCUT2D eigenvalue weighted by Gasteiger charge is -2.30. The summed E-state index contributed by atoms with van der Waals surface area (Å²) in [5.74, 6) is -0.265. The largest absolute Gasteiger partial charge is 0.378 e. The Morgan fingerprint density at radius 2 is 1.72 bits per heavy atom. The fraction of sp³-hybridized carbons (Fsp3) is 0.211. The van der Waals surface area contributed by atoms with Crippen LogP contribution in [-0.4, -0.2) is 42.2 Å². The summed E-state index contributed by atoms with van der Waals surface area (Å²) < 4.78 is 5.41. The van der Waals surface area contributed by atoms with E-state index in [9.17, 15) is 4.79 Å².